The molecule has 1 rings (SSSR count). The highest BCUT2D eigenvalue weighted by molar-refractivity contribution is 14.0. The van der Waals surface area contributed by atoms with Crippen LogP contribution in [-0.2, 0) is 16.4 Å². The summed E-state index contributed by atoms with van der Waals surface area (Å²) < 4.78 is 22.2. The molecule has 0 saturated carbocycles. The molecule has 0 amide bonds. The first kappa shape index (κ1) is 20.5. The molecule has 0 bridgehead atoms. The number of nitrogens with zero attached hydrogens (tertiary/aromatic N) is 2. The minimum Gasteiger partial charge on any atom is -0.355 e. The van der Waals surface area contributed by atoms with Crippen LogP contribution in [0.2, 0.25) is 5.02 Å². The molecule has 0 fully saturated rings. The second-order valence-corrected chi connectivity index (χ2v) is 7.28. The summed E-state index contributed by atoms with van der Waals surface area (Å²) in [5.74, 6) is 0.740. The molecule has 5 nitrogen and oxygen atoms in total. The molecule has 0 spiro atoms. The van der Waals surface area contributed by atoms with Gasteiger partial charge in [-0.15, -0.1) is 24.0 Å². The summed E-state index contributed by atoms with van der Waals surface area (Å²) in [4.78, 5) is 6.05. The first-order valence-electron chi connectivity index (χ1n) is 6.16. The van der Waals surface area contributed by atoms with Gasteiger partial charge in [-0.3, -0.25) is 4.99 Å². The predicted molar refractivity (Wildman–Crippen MR) is 99.4 cm³/mol. The Labute approximate surface area is 148 Å². The van der Waals surface area contributed by atoms with Crippen LogP contribution in [0.1, 0.15) is 5.56 Å². The molecule has 0 heterocycles. The Morgan fingerprint density at radius 2 is 1.90 bits per heavy atom. The smallest absolute Gasteiger partial charge is 0.193 e. The first-order valence-corrected chi connectivity index (χ1v) is 8.59. The van der Waals surface area contributed by atoms with E-state index in [0.29, 0.717) is 24.1 Å². The molecule has 0 aliphatic heterocycles. The third kappa shape index (κ3) is 8.47. The van der Waals surface area contributed by atoms with E-state index in [2.05, 4.69) is 10.3 Å². The highest BCUT2D eigenvalue weighted by atomic mass is 127. The van der Waals surface area contributed by atoms with Crippen molar-refractivity contribution in [2.75, 3.05) is 32.6 Å². The van der Waals surface area contributed by atoms with Gasteiger partial charge in [-0.25, -0.2) is 8.42 Å². The summed E-state index contributed by atoms with van der Waals surface area (Å²) >= 11 is 5.84. The summed E-state index contributed by atoms with van der Waals surface area (Å²) in [5, 5.41) is 3.73. The van der Waals surface area contributed by atoms with Crippen LogP contribution in [0.5, 0.6) is 0 Å². The Hall–Kier alpha value is -0.540. The lowest BCUT2D eigenvalue weighted by molar-refractivity contribution is 0.479. The third-order valence-electron chi connectivity index (χ3n) is 2.66. The molecule has 1 N–H and O–H groups in total. The summed E-state index contributed by atoms with van der Waals surface area (Å²) in [7, 11) is 0.593. The first-order chi connectivity index (χ1) is 9.31. The van der Waals surface area contributed by atoms with E-state index in [4.69, 9.17) is 11.6 Å². The number of hydrogen-bond acceptors (Lipinski definition) is 3. The average molecular weight is 446 g/mol. The van der Waals surface area contributed by atoms with Crippen LogP contribution in [-0.4, -0.2) is 51.9 Å². The number of sulfone groups is 1. The second kappa shape index (κ2) is 9.47. The highest BCUT2D eigenvalue weighted by Crippen LogP contribution is 2.10. The number of nitrogens with one attached hydrogen (secondary N) is 1. The molecular weight excluding hydrogens is 425 g/mol. The Morgan fingerprint density at radius 3 is 2.38 bits per heavy atom. The van der Waals surface area contributed by atoms with Crippen molar-refractivity contribution in [3.63, 3.8) is 0 Å². The minimum atomic E-state index is -2.97. The lowest BCUT2D eigenvalue weighted by atomic mass is 10.2. The van der Waals surface area contributed by atoms with E-state index in [1.54, 1.807) is 7.05 Å². The van der Waals surface area contributed by atoms with Crippen molar-refractivity contribution in [3.8, 4) is 0 Å². The normalized spacial score (nSPS) is 11.7. The number of rotatable bonds is 5. The molecule has 0 saturated heterocycles. The van der Waals surface area contributed by atoms with Gasteiger partial charge >= 0.3 is 0 Å². The minimum absolute atomic E-state index is 0. The molecule has 0 unspecified atom stereocenters. The Balaban J connectivity index is 0.00000400. The van der Waals surface area contributed by atoms with Crippen LogP contribution in [0.25, 0.3) is 0 Å². The predicted octanol–water partition coefficient (Wildman–Crippen LogP) is 2.01. The standard InChI is InChI=1S/C13H20ClN3O2S.HI/c1-15-13(16-8-9-20(3,18)19)17(2)10-11-4-6-12(14)7-5-11;/h4-7H,8-10H2,1-3H3,(H,15,16);1H. The Kier molecular flexibility index (Phi) is 9.23. The van der Waals surface area contributed by atoms with E-state index in [1.165, 1.54) is 6.26 Å². The van der Waals surface area contributed by atoms with E-state index in [9.17, 15) is 8.42 Å². The zero-order valence-electron chi connectivity index (χ0n) is 12.3. The van der Waals surface area contributed by atoms with Gasteiger partial charge in [0.2, 0.25) is 0 Å². The van der Waals surface area contributed by atoms with E-state index < -0.39 is 9.84 Å². The van der Waals surface area contributed by atoms with Gasteiger partial charge in [-0.1, -0.05) is 23.7 Å². The number of aliphatic imine (C=N–C) groups is 1. The lowest BCUT2D eigenvalue weighted by Gasteiger charge is -2.22. The SMILES string of the molecule is CN=C(NCCS(C)(=O)=O)N(C)Cc1ccc(Cl)cc1.I. The lowest BCUT2D eigenvalue weighted by Crippen LogP contribution is -2.40. The number of guanidine groups is 1. The maximum atomic E-state index is 11.1. The van der Waals surface area contributed by atoms with Crippen LogP contribution in [0.3, 0.4) is 0 Å². The molecule has 120 valence electrons. The van der Waals surface area contributed by atoms with Crippen LogP contribution in [0.15, 0.2) is 29.3 Å². The van der Waals surface area contributed by atoms with Crippen molar-refractivity contribution >= 4 is 51.4 Å². The highest BCUT2D eigenvalue weighted by Gasteiger charge is 2.08. The molecule has 0 aromatic heterocycles. The van der Waals surface area contributed by atoms with Crippen LogP contribution >= 0.6 is 35.6 Å². The zero-order valence-corrected chi connectivity index (χ0v) is 16.2. The van der Waals surface area contributed by atoms with Crippen LogP contribution in [0.4, 0.5) is 0 Å². The van der Waals surface area contributed by atoms with Gasteiger partial charge in [-0.2, -0.15) is 0 Å². The molecule has 1 aromatic rings. The average Bonchev–Trinajstić information content (AvgIpc) is 2.36. The maximum absolute atomic E-state index is 11.1. The molecule has 1 aromatic carbocycles. The molecule has 0 aliphatic rings. The topological polar surface area (TPSA) is 61.8 Å². The van der Waals surface area contributed by atoms with Crippen molar-refractivity contribution < 1.29 is 8.42 Å². The molecule has 0 atom stereocenters. The second-order valence-electron chi connectivity index (χ2n) is 4.59. The quantitative estimate of drug-likeness (QED) is 0.428. The van der Waals surface area contributed by atoms with Gasteiger partial charge in [0.1, 0.15) is 9.84 Å². The number of hydrogen-bond donors (Lipinski definition) is 1. The van der Waals surface area contributed by atoms with Crippen molar-refractivity contribution in [1.82, 2.24) is 10.2 Å². The van der Waals surface area contributed by atoms with Crippen LogP contribution in [0, 0.1) is 0 Å². The van der Waals surface area contributed by atoms with E-state index >= 15 is 0 Å². The van der Waals surface area contributed by atoms with Crippen molar-refractivity contribution in [1.29, 1.82) is 0 Å². The fourth-order valence-electron chi connectivity index (χ4n) is 1.67. The summed E-state index contributed by atoms with van der Waals surface area (Å²) in [5.41, 5.74) is 1.10. The molecular formula is C13H21ClIN3O2S. The monoisotopic (exact) mass is 445 g/mol. The van der Waals surface area contributed by atoms with Crippen molar-refractivity contribution in [2.24, 2.45) is 4.99 Å². The van der Waals surface area contributed by atoms with Gasteiger partial charge in [-0.05, 0) is 17.7 Å². The summed E-state index contributed by atoms with van der Waals surface area (Å²) in [6.45, 7) is 1.01. The van der Waals surface area contributed by atoms with Crippen molar-refractivity contribution in [2.45, 2.75) is 6.54 Å². The van der Waals surface area contributed by atoms with E-state index in [1.807, 2.05) is 36.2 Å². The van der Waals surface area contributed by atoms with Gasteiger partial charge in [0.05, 0.1) is 5.75 Å². The maximum Gasteiger partial charge on any atom is 0.193 e. The largest absolute Gasteiger partial charge is 0.355 e. The third-order valence-corrected chi connectivity index (χ3v) is 3.86. The fourth-order valence-corrected chi connectivity index (χ4v) is 2.27. The summed E-state index contributed by atoms with van der Waals surface area (Å²) in [6, 6.07) is 7.57. The van der Waals surface area contributed by atoms with E-state index in [-0.39, 0.29) is 29.7 Å². The fraction of sp³-hybridized carbons (Fsp3) is 0.462. The molecule has 21 heavy (non-hydrogen) atoms. The Morgan fingerprint density at radius 1 is 1.33 bits per heavy atom. The molecule has 0 aliphatic carbocycles. The van der Waals surface area contributed by atoms with Crippen molar-refractivity contribution in [3.05, 3.63) is 34.9 Å². The zero-order chi connectivity index (χ0) is 15.2. The molecule has 8 heteroatoms. The Bertz CT molecular complexity index is 561. The number of halogens is 2. The van der Waals surface area contributed by atoms with Gasteiger partial charge in [0.15, 0.2) is 5.96 Å². The van der Waals surface area contributed by atoms with Gasteiger partial charge in [0.25, 0.3) is 0 Å². The molecule has 0 radical (unpaired) electrons. The van der Waals surface area contributed by atoms with Crippen LogP contribution < -0.4 is 5.32 Å². The summed E-state index contributed by atoms with van der Waals surface area (Å²) in [6.07, 6.45) is 1.22. The number of benzene rings is 1. The van der Waals surface area contributed by atoms with Gasteiger partial charge in [0, 0.05) is 38.5 Å². The van der Waals surface area contributed by atoms with E-state index in [0.717, 1.165) is 5.56 Å². The van der Waals surface area contributed by atoms with Gasteiger partial charge < -0.3 is 10.2 Å².